The molecule has 92 valence electrons. The number of hydrogen-bond acceptors (Lipinski definition) is 3. The topological polar surface area (TPSA) is 62.8 Å². The molecule has 0 aliphatic rings. The average Bonchev–Trinajstić information content (AvgIpc) is 2.38. The first-order valence-corrected chi connectivity index (χ1v) is 6.70. The van der Waals surface area contributed by atoms with E-state index in [1.807, 2.05) is 36.4 Å². The van der Waals surface area contributed by atoms with Crippen LogP contribution in [0.5, 0.6) is 0 Å². The highest BCUT2D eigenvalue weighted by atomic mass is 35.5. The maximum Gasteiger partial charge on any atom is 0.122 e. The molecule has 18 heavy (non-hydrogen) atoms. The molecule has 0 atom stereocenters. The third-order valence-corrected chi connectivity index (χ3v) is 3.86. The Morgan fingerprint density at radius 1 is 1.28 bits per heavy atom. The van der Waals surface area contributed by atoms with Gasteiger partial charge in [0.25, 0.3) is 0 Å². The molecule has 0 amide bonds. The van der Waals surface area contributed by atoms with Gasteiger partial charge in [-0.15, -0.1) is 11.8 Å². The molecule has 5 heteroatoms. The summed E-state index contributed by atoms with van der Waals surface area (Å²) < 4.78 is 0. The molecule has 0 spiro atoms. The van der Waals surface area contributed by atoms with Gasteiger partial charge in [-0.1, -0.05) is 35.9 Å². The van der Waals surface area contributed by atoms with E-state index in [9.17, 15) is 0 Å². The summed E-state index contributed by atoms with van der Waals surface area (Å²) >= 11 is 7.62. The van der Waals surface area contributed by atoms with Gasteiger partial charge in [-0.05, 0) is 17.7 Å². The number of halogens is 1. The molecule has 1 aromatic carbocycles. The molecule has 0 aliphatic heterocycles. The number of nitrogens with one attached hydrogen (secondary N) is 1. The Bertz CT molecular complexity index is 554. The number of aromatic nitrogens is 1. The maximum absolute atomic E-state index is 7.32. The number of pyridine rings is 1. The zero-order valence-electron chi connectivity index (χ0n) is 9.56. The molecular formula is C13H12ClN3S. The van der Waals surface area contributed by atoms with E-state index in [0.29, 0.717) is 5.02 Å². The summed E-state index contributed by atoms with van der Waals surface area (Å²) in [6.07, 6.45) is 1.73. The first kappa shape index (κ1) is 12.9. The summed E-state index contributed by atoms with van der Waals surface area (Å²) in [4.78, 5) is 4.22. The highest BCUT2D eigenvalue weighted by molar-refractivity contribution is 7.98. The number of thioether (sulfide) groups is 1. The van der Waals surface area contributed by atoms with E-state index in [4.69, 9.17) is 22.7 Å². The second-order valence-corrected chi connectivity index (χ2v) is 5.06. The maximum atomic E-state index is 7.32. The minimum absolute atomic E-state index is 0.0852. The van der Waals surface area contributed by atoms with Gasteiger partial charge in [-0.2, -0.15) is 0 Å². The van der Waals surface area contributed by atoms with E-state index in [2.05, 4.69) is 4.98 Å². The molecule has 1 aromatic heterocycles. The zero-order chi connectivity index (χ0) is 13.0. The van der Waals surface area contributed by atoms with Gasteiger partial charge in [0.1, 0.15) is 10.9 Å². The third-order valence-electron chi connectivity index (χ3n) is 2.37. The second kappa shape index (κ2) is 5.89. The van der Waals surface area contributed by atoms with E-state index in [1.54, 1.807) is 18.0 Å². The Balaban J connectivity index is 2.02. The van der Waals surface area contributed by atoms with Crippen LogP contribution < -0.4 is 5.73 Å². The molecule has 0 bridgehead atoms. The third kappa shape index (κ3) is 3.24. The van der Waals surface area contributed by atoms with Crippen LogP contribution in [-0.4, -0.2) is 10.8 Å². The molecule has 3 nitrogen and oxygen atoms in total. The molecule has 0 unspecified atom stereocenters. The lowest BCUT2D eigenvalue weighted by Gasteiger charge is -2.04. The lowest BCUT2D eigenvalue weighted by Crippen LogP contribution is -2.10. The van der Waals surface area contributed by atoms with Crippen molar-refractivity contribution in [2.24, 2.45) is 5.73 Å². The molecule has 0 radical (unpaired) electrons. The molecule has 2 aromatic rings. The van der Waals surface area contributed by atoms with E-state index in [-0.39, 0.29) is 5.84 Å². The number of rotatable bonds is 4. The van der Waals surface area contributed by atoms with Crippen LogP contribution in [0.15, 0.2) is 47.6 Å². The number of amidine groups is 1. The van der Waals surface area contributed by atoms with Gasteiger partial charge in [0.05, 0.1) is 5.02 Å². The van der Waals surface area contributed by atoms with Gasteiger partial charge < -0.3 is 5.73 Å². The van der Waals surface area contributed by atoms with E-state index in [1.165, 1.54) is 0 Å². The number of nitrogens with zero attached hydrogens (tertiary/aromatic N) is 1. The Kier molecular flexibility index (Phi) is 4.23. The lowest BCUT2D eigenvalue weighted by atomic mass is 10.1. The summed E-state index contributed by atoms with van der Waals surface area (Å²) in [5.74, 6) is 0.872. The first-order valence-electron chi connectivity index (χ1n) is 5.33. The molecule has 3 N–H and O–H groups in total. The Labute approximate surface area is 115 Å². The van der Waals surface area contributed by atoms with E-state index >= 15 is 0 Å². The van der Waals surface area contributed by atoms with Gasteiger partial charge in [-0.3, -0.25) is 5.41 Å². The van der Waals surface area contributed by atoms with E-state index < -0.39 is 0 Å². The lowest BCUT2D eigenvalue weighted by molar-refractivity contribution is 1.13. The molecule has 0 aliphatic carbocycles. The van der Waals surface area contributed by atoms with Gasteiger partial charge in [0, 0.05) is 17.5 Å². The van der Waals surface area contributed by atoms with Crippen molar-refractivity contribution < 1.29 is 0 Å². The first-order chi connectivity index (χ1) is 8.66. The van der Waals surface area contributed by atoms with Crippen LogP contribution in [0.1, 0.15) is 11.1 Å². The van der Waals surface area contributed by atoms with E-state index in [0.717, 1.165) is 21.9 Å². The SMILES string of the molecule is N=C(N)c1ccc(CSc2ncccc2Cl)cc1. The predicted octanol–water partition coefficient (Wildman–Crippen LogP) is 3.31. The van der Waals surface area contributed by atoms with Crippen molar-refractivity contribution in [3.05, 3.63) is 58.7 Å². The van der Waals surface area contributed by atoms with Crippen molar-refractivity contribution in [3.8, 4) is 0 Å². The summed E-state index contributed by atoms with van der Waals surface area (Å²) in [6, 6.07) is 11.3. The Hall–Kier alpha value is -1.52. The molecule has 0 fully saturated rings. The van der Waals surface area contributed by atoms with Crippen molar-refractivity contribution >= 4 is 29.2 Å². The number of nitrogen functional groups attached to an aromatic ring is 1. The standard InChI is InChI=1S/C13H12ClN3S/c14-11-2-1-7-17-13(11)18-8-9-3-5-10(6-4-9)12(15)16/h1-7H,8H2,(H3,15,16). The number of benzene rings is 1. The average molecular weight is 278 g/mol. The van der Waals surface area contributed by atoms with Crippen LogP contribution in [0, 0.1) is 5.41 Å². The zero-order valence-corrected chi connectivity index (χ0v) is 11.1. The number of hydrogen-bond donors (Lipinski definition) is 2. The van der Waals surface area contributed by atoms with Crippen molar-refractivity contribution in [1.29, 1.82) is 5.41 Å². The second-order valence-electron chi connectivity index (χ2n) is 3.69. The number of nitrogens with two attached hydrogens (primary N) is 1. The fourth-order valence-electron chi connectivity index (χ4n) is 1.41. The highest BCUT2D eigenvalue weighted by Crippen LogP contribution is 2.27. The summed E-state index contributed by atoms with van der Waals surface area (Å²) in [5, 5.41) is 8.81. The van der Waals surface area contributed by atoms with Crippen LogP contribution in [-0.2, 0) is 5.75 Å². The minimum atomic E-state index is 0.0852. The van der Waals surface area contributed by atoms with Crippen LogP contribution in [0.25, 0.3) is 0 Å². The normalized spacial score (nSPS) is 10.3. The molecule has 2 rings (SSSR count). The Morgan fingerprint density at radius 2 is 2.00 bits per heavy atom. The summed E-state index contributed by atoms with van der Waals surface area (Å²) in [6.45, 7) is 0. The van der Waals surface area contributed by atoms with Gasteiger partial charge >= 0.3 is 0 Å². The quantitative estimate of drug-likeness (QED) is 0.512. The van der Waals surface area contributed by atoms with Crippen LogP contribution >= 0.6 is 23.4 Å². The molecule has 0 saturated carbocycles. The van der Waals surface area contributed by atoms with Crippen LogP contribution in [0.4, 0.5) is 0 Å². The highest BCUT2D eigenvalue weighted by Gasteiger charge is 2.02. The van der Waals surface area contributed by atoms with Gasteiger partial charge in [-0.25, -0.2) is 4.98 Å². The van der Waals surface area contributed by atoms with Crippen molar-refractivity contribution in [2.45, 2.75) is 10.8 Å². The minimum Gasteiger partial charge on any atom is -0.384 e. The van der Waals surface area contributed by atoms with Crippen LogP contribution in [0.2, 0.25) is 5.02 Å². The largest absolute Gasteiger partial charge is 0.384 e. The van der Waals surface area contributed by atoms with Gasteiger partial charge in [0.15, 0.2) is 0 Å². The molecule has 1 heterocycles. The predicted molar refractivity (Wildman–Crippen MR) is 76.3 cm³/mol. The van der Waals surface area contributed by atoms with Crippen molar-refractivity contribution in [2.75, 3.05) is 0 Å². The monoisotopic (exact) mass is 277 g/mol. The molecule has 0 saturated heterocycles. The van der Waals surface area contributed by atoms with Crippen LogP contribution in [0.3, 0.4) is 0 Å². The summed E-state index contributed by atoms with van der Waals surface area (Å²) in [5.41, 5.74) is 7.28. The Morgan fingerprint density at radius 3 is 2.61 bits per heavy atom. The molecular weight excluding hydrogens is 266 g/mol. The fourth-order valence-corrected chi connectivity index (χ4v) is 2.53. The summed E-state index contributed by atoms with van der Waals surface area (Å²) in [7, 11) is 0. The smallest absolute Gasteiger partial charge is 0.122 e. The van der Waals surface area contributed by atoms with Crippen molar-refractivity contribution in [3.63, 3.8) is 0 Å². The van der Waals surface area contributed by atoms with Crippen molar-refractivity contribution in [1.82, 2.24) is 4.98 Å². The van der Waals surface area contributed by atoms with Gasteiger partial charge in [0.2, 0.25) is 0 Å². The fraction of sp³-hybridized carbons (Fsp3) is 0.0769.